The second-order valence-corrected chi connectivity index (χ2v) is 6.98. The van der Waals surface area contributed by atoms with E-state index in [1.165, 1.54) is 0 Å². The minimum atomic E-state index is -0.0131. The molecule has 1 aliphatic heterocycles. The van der Waals surface area contributed by atoms with Gasteiger partial charge in [0.1, 0.15) is 10.9 Å². The van der Waals surface area contributed by atoms with Crippen molar-refractivity contribution in [3.05, 3.63) is 46.2 Å². The number of ether oxygens (including phenoxy) is 1. The second-order valence-electron chi connectivity index (χ2n) is 6.62. The maximum absolute atomic E-state index is 13.0. The standard InChI is InChI=1S/C19H24ClN3O2/c1-13-16(19(20)22(2)21-13)12-23-10-6-7-14(11-23)18(24)15-8-4-5-9-17(15)25-3/h4-5,8-9,14H,6-7,10-12H2,1-3H3/t14-/m1/s1. The van der Waals surface area contributed by atoms with E-state index in [0.717, 1.165) is 43.7 Å². The number of nitrogens with zero attached hydrogens (tertiary/aromatic N) is 3. The van der Waals surface area contributed by atoms with Gasteiger partial charge in [-0.3, -0.25) is 14.4 Å². The molecule has 0 saturated carbocycles. The third-order valence-electron chi connectivity index (χ3n) is 4.90. The van der Waals surface area contributed by atoms with E-state index in [4.69, 9.17) is 16.3 Å². The molecule has 134 valence electrons. The summed E-state index contributed by atoms with van der Waals surface area (Å²) in [7, 11) is 3.45. The molecule has 1 atom stereocenters. The molecule has 0 bridgehead atoms. The zero-order valence-electron chi connectivity index (χ0n) is 15.0. The van der Waals surface area contributed by atoms with Gasteiger partial charge in [0.25, 0.3) is 0 Å². The maximum Gasteiger partial charge on any atom is 0.170 e. The molecule has 0 unspecified atom stereocenters. The number of aryl methyl sites for hydroxylation is 2. The number of rotatable bonds is 5. The number of hydrogen-bond donors (Lipinski definition) is 0. The molecule has 3 rings (SSSR count). The van der Waals surface area contributed by atoms with Crippen LogP contribution in [0.3, 0.4) is 0 Å². The molecule has 0 amide bonds. The van der Waals surface area contributed by atoms with Gasteiger partial charge in [0.15, 0.2) is 5.78 Å². The van der Waals surface area contributed by atoms with Crippen LogP contribution in [0.2, 0.25) is 5.15 Å². The van der Waals surface area contributed by atoms with E-state index in [9.17, 15) is 4.79 Å². The molecule has 6 heteroatoms. The Labute approximate surface area is 153 Å². The lowest BCUT2D eigenvalue weighted by Crippen LogP contribution is -2.38. The Balaban J connectivity index is 1.74. The summed E-state index contributed by atoms with van der Waals surface area (Å²) in [5.74, 6) is 0.799. The molecule has 0 aliphatic carbocycles. The lowest BCUT2D eigenvalue weighted by molar-refractivity contribution is 0.0808. The van der Waals surface area contributed by atoms with Gasteiger partial charge in [-0.25, -0.2) is 0 Å². The van der Waals surface area contributed by atoms with Gasteiger partial charge in [0.05, 0.1) is 18.4 Å². The molecule has 1 aromatic heterocycles. The first-order valence-electron chi connectivity index (χ1n) is 8.58. The average molecular weight is 362 g/mol. The van der Waals surface area contributed by atoms with Crippen molar-refractivity contribution in [1.82, 2.24) is 14.7 Å². The third-order valence-corrected chi connectivity index (χ3v) is 5.37. The summed E-state index contributed by atoms with van der Waals surface area (Å²) in [6, 6.07) is 7.46. The number of Topliss-reactive ketones (excluding diaryl/α,β-unsaturated/α-hetero) is 1. The van der Waals surface area contributed by atoms with Crippen LogP contribution in [0.1, 0.15) is 34.5 Å². The Kier molecular flexibility index (Phi) is 5.45. The Morgan fingerprint density at radius 2 is 2.16 bits per heavy atom. The second kappa shape index (κ2) is 7.58. The van der Waals surface area contributed by atoms with Crippen LogP contribution in [0.15, 0.2) is 24.3 Å². The molecular formula is C19H24ClN3O2. The van der Waals surface area contributed by atoms with Crippen molar-refractivity contribution < 1.29 is 9.53 Å². The highest BCUT2D eigenvalue weighted by Gasteiger charge is 2.29. The molecule has 0 radical (unpaired) electrons. The summed E-state index contributed by atoms with van der Waals surface area (Å²) in [6.45, 7) is 4.42. The van der Waals surface area contributed by atoms with E-state index in [0.29, 0.717) is 16.5 Å². The first-order chi connectivity index (χ1) is 12.0. The van der Waals surface area contributed by atoms with E-state index in [1.54, 1.807) is 11.8 Å². The Morgan fingerprint density at radius 3 is 2.84 bits per heavy atom. The van der Waals surface area contributed by atoms with Crippen LogP contribution in [0.25, 0.3) is 0 Å². The van der Waals surface area contributed by atoms with E-state index in [2.05, 4.69) is 10.00 Å². The van der Waals surface area contributed by atoms with Crippen LogP contribution >= 0.6 is 11.6 Å². The molecule has 1 saturated heterocycles. The third kappa shape index (κ3) is 3.72. The van der Waals surface area contributed by atoms with Crippen LogP contribution in [0.5, 0.6) is 5.75 Å². The molecule has 0 N–H and O–H groups in total. The van der Waals surface area contributed by atoms with Crippen LogP contribution < -0.4 is 4.74 Å². The number of likely N-dealkylation sites (tertiary alicyclic amines) is 1. The fourth-order valence-electron chi connectivity index (χ4n) is 3.56. The first-order valence-corrected chi connectivity index (χ1v) is 8.96. The summed E-state index contributed by atoms with van der Waals surface area (Å²) in [6.07, 6.45) is 1.91. The van der Waals surface area contributed by atoms with Crippen LogP contribution in [-0.2, 0) is 13.6 Å². The largest absolute Gasteiger partial charge is 0.496 e. The highest BCUT2D eigenvalue weighted by Crippen LogP contribution is 2.28. The molecule has 2 heterocycles. The predicted octanol–water partition coefficient (Wildman–Crippen LogP) is 3.49. The summed E-state index contributed by atoms with van der Waals surface area (Å²) < 4.78 is 7.05. The van der Waals surface area contributed by atoms with Gasteiger partial charge in [0.2, 0.25) is 0 Å². The fourth-order valence-corrected chi connectivity index (χ4v) is 3.79. The molecule has 2 aromatic rings. The monoisotopic (exact) mass is 361 g/mol. The van der Waals surface area contributed by atoms with Gasteiger partial charge in [-0.2, -0.15) is 5.10 Å². The molecular weight excluding hydrogens is 338 g/mol. The zero-order chi connectivity index (χ0) is 18.0. The van der Waals surface area contributed by atoms with E-state index < -0.39 is 0 Å². The molecule has 25 heavy (non-hydrogen) atoms. The normalized spacial score (nSPS) is 18.3. The highest BCUT2D eigenvalue weighted by molar-refractivity contribution is 6.30. The van der Waals surface area contributed by atoms with Crippen molar-refractivity contribution >= 4 is 17.4 Å². The number of benzene rings is 1. The summed E-state index contributed by atoms with van der Waals surface area (Å²) in [5, 5.41) is 5.05. The number of aromatic nitrogens is 2. The lowest BCUT2D eigenvalue weighted by Gasteiger charge is -2.32. The lowest BCUT2D eigenvalue weighted by atomic mass is 9.89. The minimum absolute atomic E-state index is 0.0131. The summed E-state index contributed by atoms with van der Waals surface area (Å²) in [4.78, 5) is 15.3. The Hall–Kier alpha value is -1.85. The number of ketones is 1. The van der Waals surface area contributed by atoms with Gasteiger partial charge < -0.3 is 4.74 Å². The SMILES string of the molecule is COc1ccccc1C(=O)[C@@H]1CCCN(Cc2c(C)nn(C)c2Cl)C1. The topological polar surface area (TPSA) is 47.4 Å². The van der Waals surface area contributed by atoms with Crippen molar-refractivity contribution in [2.75, 3.05) is 20.2 Å². The Morgan fingerprint density at radius 1 is 1.40 bits per heavy atom. The van der Waals surface area contributed by atoms with Crippen molar-refractivity contribution in [3.8, 4) is 5.75 Å². The van der Waals surface area contributed by atoms with Crippen molar-refractivity contribution in [2.45, 2.75) is 26.3 Å². The Bertz CT molecular complexity index is 772. The zero-order valence-corrected chi connectivity index (χ0v) is 15.7. The van der Waals surface area contributed by atoms with Gasteiger partial charge >= 0.3 is 0 Å². The van der Waals surface area contributed by atoms with E-state index >= 15 is 0 Å². The molecule has 1 fully saturated rings. The van der Waals surface area contributed by atoms with E-state index in [1.807, 2.05) is 38.2 Å². The first kappa shape index (κ1) is 18.0. The average Bonchev–Trinajstić information content (AvgIpc) is 2.87. The van der Waals surface area contributed by atoms with Crippen molar-refractivity contribution in [2.24, 2.45) is 13.0 Å². The van der Waals surface area contributed by atoms with Crippen molar-refractivity contribution in [3.63, 3.8) is 0 Å². The molecule has 1 aliphatic rings. The van der Waals surface area contributed by atoms with Crippen molar-refractivity contribution in [1.29, 1.82) is 0 Å². The van der Waals surface area contributed by atoms with Crippen LogP contribution in [0, 0.1) is 12.8 Å². The van der Waals surface area contributed by atoms with Crippen LogP contribution in [0.4, 0.5) is 0 Å². The van der Waals surface area contributed by atoms with Gasteiger partial charge in [0, 0.05) is 31.6 Å². The number of carbonyl (C=O) groups excluding carboxylic acids is 1. The minimum Gasteiger partial charge on any atom is -0.496 e. The smallest absolute Gasteiger partial charge is 0.170 e. The van der Waals surface area contributed by atoms with Crippen LogP contribution in [-0.4, -0.2) is 40.7 Å². The fraction of sp³-hybridized carbons (Fsp3) is 0.474. The number of halogens is 1. The summed E-state index contributed by atoms with van der Waals surface area (Å²) >= 11 is 6.36. The molecule has 5 nitrogen and oxygen atoms in total. The van der Waals surface area contributed by atoms with E-state index in [-0.39, 0.29) is 11.7 Å². The quantitative estimate of drug-likeness (QED) is 0.765. The molecule has 0 spiro atoms. The maximum atomic E-state index is 13.0. The number of piperidine rings is 1. The highest BCUT2D eigenvalue weighted by atomic mass is 35.5. The number of hydrogen-bond acceptors (Lipinski definition) is 4. The number of methoxy groups -OCH3 is 1. The van der Waals surface area contributed by atoms with Gasteiger partial charge in [-0.15, -0.1) is 0 Å². The number of para-hydroxylation sites is 1. The summed E-state index contributed by atoms with van der Waals surface area (Å²) in [5.41, 5.74) is 2.67. The van der Waals surface area contributed by atoms with Gasteiger partial charge in [-0.1, -0.05) is 23.7 Å². The van der Waals surface area contributed by atoms with Gasteiger partial charge in [-0.05, 0) is 38.4 Å². The number of carbonyl (C=O) groups is 1. The predicted molar refractivity (Wildman–Crippen MR) is 98.3 cm³/mol. The molecule has 1 aromatic carbocycles.